The quantitative estimate of drug-likeness (QED) is 0.311. The SMILES string of the molecule is Cc1cc(NC(=O)C(=O)O)cnc1NC(=O)OC(C)(C)CNS(=O)(=O)c1ccc([C@H]2CC[C@H](C)CN2)cc1. The van der Waals surface area contributed by atoms with Crippen molar-refractivity contribution in [3.8, 4) is 0 Å². The van der Waals surface area contributed by atoms with E-state index in [9.17, 15) is 22.8 Å². The maximum atomic E-state index is 12.8. The molecular weight excluding hydrogens is 514 g/mol. The third kappa shape index (κ3) is 7.97. The molecule has 2 atom stereocenters. The van der Waals surface area contributed by atoms with E-state index < -0.39 is 33.6 Å². The molecule has 38 heavy (non-hydrogen) atoms. The van der Waals surface area contributed by atoms with Crippen LogP contribution in [0.2, 0.25) is 0 Å². The molecule has 0 saturated carbocycles. The summed E-state index contributed by atoms with van der Waals surface area (Å²) in [6, 6.07) is 8.39. The lowest BCUT2D eigenvalue weighted by atomic mass is 9.92. The van der Waals surface area contributed by atoms with E-state index in [-0.39, 0.29) is 29.0 Å². The normalized spacial score (nSPS) is 17.9. The number of hydrogen-bond acceptors (Lipinski definition) is 8. The number of carboxylic acid groups (broad SMARTS) is 1. The fraction of sp³-hybridized carbons (Fsp3) is 0.440. The zero-order chi connectivity index (χ0) is 28.1. The van der Waals surface area contributed by atoms with E-state index in [1.165, 1.54) is 12.3 Å². The number of sulfonamides is 1. The summed E-state index contributed by atoms with van der Waals surface area (Å²) in [5.41, 5.74) is 0.409. The third-order valence-corrected chi connectivity index (χ3v) is 7.48. The van der Waals surface area contributed by atoms with E-state index in [0.717, 1.165) is 24.9 Å². The first kappa shape index (κ1) is 29.0. The Labute approximate surface area is 221 Å². The number of nitrogens with zero attached hydrogens (tertiary/aromatic N) is 1. The molecule has 0 unspecified atom stereocenters. The molecule has 2 aromatic rings. The Morgan fingerprint density at radius 2 is 1.84 bits per heavy atom. The van der Waals surface area contributed by atoms with Crippen LogP contribution in [0, 0.1) is 12.8 Å². The van der Waals surface area contributed by atoms with Crippen LogP contribution < -0.4 is 20.7 Å². The second-order valence-electron chi connectivity index (χ2n) is 9.96. The number of amides is 2. The van der Waals surface area contributed by atoms with Gasteiger partial charge in [-0.1, -0.05) is 19.1 Å². The van der Waals surface area contributed by atoms with Gasteiger partial charge in [-0.25, -0.2) is 27.7 Å². The number of rotatable bonds is 8. The van der Waals surface area contributed by atoms with Gasteiger partial charge in [-0.15, -0.1) is 0 Å². The van der Waals surface area contributed by atoms with Crippen molar-refractivity contribution >= 4 is 39.5 Å². The number of pyridine rings is 1. The van der Waals surface area contributed by atoms with Gasteiger partial charge in [0.25, 0.3) is 0 Å². The first-order valence-corrected chi connectivity index (χ1v) is 13.6. The van der Waals surface area contributed by atoms with Crippen LogP contribution in [-0.4, -0.2) is 55.2 Å². The number of carbonyl (C=O) groups excluding carboxylic acids is 2. The molecule has 0 spiro atoms. The van der Waals surface area contributed by atoms with Crippen molar-refractivity contribution < 1.29 is 32.6 Å². The predicted octanol–water partition coefficient (Wildman–Crippen LogP) is 2.78. The molecule has 0 bridgehead atoms. The van der Waals surface area contributed by atoms with E-state index in [4.69, 9.17) is 9.84 Å². The highest BCUT2D eigenvalue weighted by Gasteiger charge is 2.27. The molecule has 1 fully saturated rings. The van der Waals surface area contributed by atoms with Crippen LogP contribution in [0.1, 0.15) is 50.8 Å². The minimum atomic E-state index is -3.84. The summed E-state index contributed by atoms with van der Waals surface area (Å²) in [5.74, 6) is -2.11. The molecule has 1 aliphatic rings. The minimum absolute atomic E-state index is 0.112. The zero-order valence-corrected chi connectivity index (χ0v) is 22.5. The topological polar surface area (TPSA) is 176 Å². The predicted molar refractivity (Wildman–Crippen MR) is 140 cm³/mol. The first-order chi connectivity index (χ1) is 17.8. The Morgan fingerprint density at radius 3 is 2.42 bits per heavy atom. The van der Waals surface area contributed by atoms with Crippen molar-refractivity contribution in [3.05, 3.63) is 47.7 Å². The van der Waals surface area contributed by atoms with Crippen molar-refractivity contribution in [2.75, 3.05) is 23.7 Å². The number of aromatic nitrogens is 1. The molecule has 2 heterocycles. The average Bonchev–Trinajstić information content (AvgIpc) is 2.85. The van der Waals surface area contributed by atoms with Crippen LogP contribution in [-0.2, 0) is 24.3 Å². The number of piperidine rings is 1. The van der Waals surface area contributed by atoms with Crippen molar-refractivity contribution in [1.82, 2.24) is 15.0 Å². The summed E-state index contributed by atoms with van der Waals surface area (Å²) in [5, 5.41) is 16.8. The highest BCUT2D eigenvalue weighted by Crippen LogP contribution is 2.26. The van der Waals surface area contributed by atoms with Gasteiger partial charge in [0.2, 0.25) is 10.0 Å². The zero-order valence-electron chi connectivity index (χ0n) is 21.7. The van der Waals surface area contributed by atoms with Crippen molar-refractivity contribution in [1.29, 1.82) is 0 Å². The van der Waals surface area contributed by atoms with E-state index in [1.807, 2.05) is 12.1 Å². The Hall–Kier alpha value is -3.55. The Morgan fingerprint density at radius 1 is 1.16 bits per heavy atom. The van der Waals surface area contributed by atoms with Crippen LogP contribution in [0.15, 0.2) is 41.4 Å². The average molecular weight is 548 g/mol. The summed E-state index contributed by atoms with van der Waals surface area (Å²) in [6.07, 6.45) is 2.43. The monoisotopic (exact) mass is 547 g/mol. The van der Waals surface area contributed by atoms with E-state index in [1.54, 1.807) is 32.9 Å². The van der Waals surface area contributed by atoms with Gasteiger partial charge in [0.05, 0.1) is 23.3 Å². The summed E-state index contributed by atoms with van der Waals surface area (Å²) in [7, 11) is -3.84. The molecule has 206 valence electrons. The van der Waals surface area contributed by atoms with Gasteiger partial charge in [0, 0.05) is 6.04 Å². The molecule has 12 nitrogen and oxygen atoms in total. The van der Waals surface area contributed by atoms with Gasteiger partial charge >= 0.3 is 18.0 Å². The molecule has 5 N–H and O–H groups in total. The number of aliphatic carboxylic acids is 1. The summed E-state index contributed by atoms with van der Waals surface area (Å²) < 4.78 is 33.5. The van der Waals surface area contributed by atoms with Gasteiger partial charge in [-0.3, -0.25) is 10.1 Å². The van der Waals surface area contributed by atoms with Gasteiger partial charge in [0.15, 0.2) is 0 Å². The number of carbonyl (C=O) groups is 3. The second kappa shape index (κ2) is 11.9. The number of carboxylic acids is 1. The molecule has 1 saturated heterocycles. The molecule has 1 aromatic heterocycles. The van der Waals surface area contributed by atoms with E-state index >= 15 is 0 Å². The van der Waals surface area contributed by atoms with Crippen LogP contribution in [0.25, 0.3) is 0 Å². The molecule has 1 aliphatic heterocycles. The van der Waals surface area contributed by atoms with E-state index in [0.29, 0.717) is 11.5 Å². The van der Waals surface area contributed by atoms with Crippen molar-refractivity contribution in [2.24, 2.45) is 5.92 Å². The van der Waals surface area contributed by atoms with Gasteiger partial charge in [-0.05, 0) is 75.4 Å². The smallest absolute Gasteiger partial charge is 0.413 e. The van der Waals surface area contributed by atoms with Crippen LogP contribution in [0.3, 0.4) is 0 Å². The molecule has 0 aliphatic carbocycles. The number of anilines is 2. The molecule has 0 radical (unpaired) electrons. The molecule has 2 amide bonds. The molecule has 13 heteroatoms. The van der Waals surface area contributed by atoms with Crippen molar-refractivity contribution in [3.63, 3.8) is 0 Å². The number of benzene rings is 1. The Balaban J connectivity index is 1.54. The largest absolute Gasteiger partial charge is 0.474 e. The van der Waals surface area contributed by atoms with Crippen LogP contribution in [0.5, 0.6) is 0 Å². The highest BCUT2D eigenvalue weighted by atomic mass is 32.2. The van der Waals surface area contributed by atoms with Gasteiger partial charge in [0.1, 0.15) is 11.4 Å². The maximum Gasteiger partial charge on any atom is 0.413 e. The first-order valence-electron chi connectivity index (χ1n) is 12.1. The molecule has 3 rings (SSSR count). The maximum absolute atomic E-state index is 12.8. The van der Waals surface area contributed by atoms with E-state index in [2.05, 4.69) is 32.6 Å². The Kier molecular flexibility index (Phi) is 9.07. The number of ether oxygens (including phenoxy) is 1. The summed E-state index contributed by atoms with van der Waals surface area (Å²) in [4.78, 5) is 38.5. The second-order valence-corrected chi connectivity index (χ2v) is 11.7. The Bertz CT molecular complexity index is 1290. The number of nitrogens with one attached hydrogen (secondary N) is 4. The lowest BCUT2D eigenvalue weighted by molar-refractivity contribution is -0.147. The lowest BCUT2D eigenvalue weighted by Gasteiger charge is -2.28. The van der Waals surface area contributed by atoms with Crippen LogP contribution >= 0.6 is 0 Å². The highest BCUT2D eigenvalue weighted by molar-refractivity contribution is 7.89. The van der Waals surface area contributed by atoms with Crippen LogP contribution in [0.4, 0.5) is 16.3 Å². The fourth-order valence-corrected chi connectivity index (χ4v) is 5.08. The van der Waals surface area contributed by atoms with Crippen molar-refractivity contribution in [2.45, 2.75) is 57.1 Å². The number of aryl methyl sites for hydroxylation is 1. The third-order valence-electron chi connectivity index (χ3n) is 6.06. The minimum Gasteiger partial charge on any atom is -0.474 e. The standard InChI is InChI=1S/C25H33N5O7S/c1-15-5-10-20(26-12-15)17-6-8-19(9-7-17)38(35,36)28-14-25(3,4)37-24(34)30-21-16(2)11-18(13-27-21)29-22(31)23(32)33/h6-9,11,13,15,20,26,28H,5,10,12,14H2,1-4H3,(H,29,31)(H,32,33)(H,27,30,34)/t15-,20+/m0/s1. The molecule has 1 aromatic carbocycles. The molecular formula is C25H33N5O7S. The summed E-state index contributed by atoms with van der Waals surface area (Å²) in [6.45, 7) is 7.65. The van der Waals surface area contributed by atoms with Gasteiger partial charge < -0.3 is 20.5 Å². The fourth-order valence-electron chi connectivity index (χ4n) is 3.88. The van der Waals surface area contributed by atoms with Gasteiger partial charge in [-0.2, -0.15) is 0 Å². The number of hydrogen-bond donors (Lipinski definition) is 5. The summed E-state index contributed by atoms with van der Waals surface area (Å²) >= 11 is 0. The lowest BCUT2D eigenvalue weighted by Crippen LogP contribution is -2.42.